The lowest BCUT2D eigenvalue weighted by Gasteiger charge is -2.32. The van der Waals surface area contributed by atoms with Crippen LogP contribution in [0.15, 0.2) is 45.9 Å². The fourth-order valence-electron chi connectivity index (χ4n) is 1.92. The highest BCUT2D eigenvalue weighted by Crippen LogP contribution is 2.22. The highest BCUT2D eigenvalue weighted by atomic mass is 79.9. The zero-order valence-electron chi connectivity index (χ0n) is 9.73. The molecule has 2 atom stereocenters. The molecule has 1 aliphatic heterocycles. The molecule has 2 rings (SSSR count). The van der Waals surface area contributed by atoms with Crippen molar-refractivity contribution in [3.8, 4) is 0 Å². The van der Waals surface area contributed by atoms with Crippen molar-refractivity contribution >= 4 is 21.6 Å². The van der Waals surface area contributed by atoms with Crippen LogP contribution in [0.4, 0.5) is 0 Å². The summed E-state index contributed by atoms with van der Waals surface area (Å²) in [6.45, 7) is 1.93. The van der Waals surface area contributed by atoms with Gasteiger partial charge >= 0.3 is 0 Å². The fourth-order valence-corrected chi connectivity index (χ4v) is 2.37. The standard InChI is InChI=1S/C13H16BrN3/c1-9-5-6-13(16,12(15)17-9)8-10-3-2-4-11(14)7-10/h2-7,12H,8,15-16H2,1H3. The first kappa shape index (κ1) is 12.5. The molecule has 0 saturated carbocycles. The van der Waals surface area contributed by atoms with Crippen LogP contribution in [0, 0.1) is 0 Å². The Kier molecular flexibility index (Phi) is 3.47. The molecule has 4 heteroatoms. The van der Waals surface area contributed by atoms with E-state index >= 15 is 0 Å². The Morgan fingerprint density at radius 1 is 1.47 bits per heavy atom. The van der Waals surface area contributed by atoms with Gasteiger partial charge in [-0.1, -0.05) is 34.1 Å². The van der Waals surface area contributed by atoms with Crippen molar-refractivity contribution in [2.45, 2.75) is 25.0 Å². The number of nitrogens with two attached hydrogens (primary N) is 2. The van der Waals surface area contributed by atoms with Gasteiger partial charge in [-0.3, -0.25) is 4.99 Å². The highest BCUT2D eigenvalue weighted by molar-refractivity contribution is 9.10. The van der Waals surface area contributed by atoms with Crippen LogP contribution in [0.5, 0.6) is 0 Å². The van der Waals surface area contributed by atoms with Crippen LogP contribution in [-0.4, -0.2) is 17.4 Å². The van der Waals surface area contributed by atoms with Crippen LogP contribution in [0.2, 0.25) is 0 Å². The summed E-state index contributed by atoms with van der Waals surface area (Å²) in [5.41, 5.74) is 13.8. The third-order valence-corrected chi connectivity index (χ3v) is 3.42. The van der Waals surface area contributed by atoms with Gasteiger partial charge in [0.1, 0.15) is 6.17 Å². The van der Waals surface area contributed by atoms with Gasteiger partial charge in [0.15, 0.2) is 0 Å². The quantitative estimate of drug-likeness (QED) is 0.876. The second-order valence-electron chi connectivity index (χ2n) is 4.47. The van der Waals surface area contributed by atoms with E-state index in [1.54, 1.807) is 0 Å². The number of hydrogen-bond donors (Lipinski definition) is 2. The van der Waals surface area contributed by atoms with E-state index in [4.69, 9.17) is 11.5 Å². The van der Waals surface area contributed by atoms with Crippen molar-refractivity contribution in [2.75, 3.05) is 0 Å². The minimum Gasteiger partial charge on any atom is -0.319 e. The Morgan fingerprint density at radius 3 is 2.88 bits per heavy atom. The van der Waals surface area contributed by atoms with Crippen LogP contribution >= 0.6 is 15.9 Å². The summed E-state index contributed by atoms with van der Waals surface area (Å²) in [5.74, 6) is 0. The van der Waals surface area contributed by atoms with E-state index in [1.165, 1.54) is 0 Å². The summed E-state index contributed by atoms with van der Waals surface area (Å²) in [5, 5.41) is 0. The number of hydrogen-bond acceptors (Lipinski definition) is 3. The van der Waals surface area contributed by atoms with E-state index in [9.17, 15) is 0 Å². The lowest BCUT2D eigenvalue weighted by Crippen LogP contribution is -2.56. The summed E-state index contributed by atoms with van der Waals surface area (Å²) in [4.78, 5) is 4.33. The largest absolute Gasteiger partial charge is 0.319 e. The van der Waals surface area contributed by atoms with E-state index in [1.807, 2.05) is 37.3 Å². The van der Waals surface area contributed by atoms with Crippen LogP contribution in [0.1, 0.15) is 12.5 Å². The van der Waals surface area contributed by atoms with E-state index in [2.05, 4.69) is 27.0 Å². The van der Waals surface area contributed by atoms with Gasteiger partial charge < -0.3 is 11.5 Å². The monoisotopic (exact) mass is 293 g/mol. The first-order valence-corrected chi connectivity index (χ1v) is 6.31. The predicted molar refractivity (Wildman–Crippen MR) is 75.0 cm³/mol. The molecule has 2 unspecified atom stereocenters. The van der Waals surface area contributed by atoms with Crippen molar-refractivity contribution in [3.05, 3.63) is 46.5 Å². The number of nitrogens with zero attached hydrogens (tertiary/aromatic N) is 1. The van der Waals surface area contributed by atoms with Gasteiger partial charge in [-0.25, -0.2) is 0 Å². The SMILES string of the molecule is CC1=NC(N)C(N)(Cc2cccc(Br)c2)C=C1. The van der Waals surface area contributed by atoms with Crippen molar-refractivity contribution in [1.82, 2.24) is 0 Å². The smallest absolute Gasteiger partial charge is 0.119 e. The first-order chi connectivity index (χ1) is 7.99. The molecule has 0 aliphatic carbocycles. The molecule has 1 aromatic rings. The summed E-state index contributed by atoms with van der Waals surface area (Å²) in [6.07, 6.45) is 4.19. The minimum atomic E-state index is -0.597. The molecule has 4 N–H and O–H groups in total. The second kappa shape index (κ2) is 4.72. The van der Waals surface area contributed by atoms with Crippen LogP contribution in [0.3, 0.4) is 0 Å². The molecule has 0 radical (unpaired) electrons. The molecule has 1 aliphatic rings. The van der Waals surface area contributed by atoms with E-state index in [0.29, 0.717) is 6.42 Å². The van der Waals surface area contributed by atoms with Gasteiger partial charge in [0.25, 0.3) is 0 Å². The molecule has 1 heterocycles. The second-order valence-corrected chi connectivity index (χ2v) is 5.38. The Labute approximate surface area is 110 Å². The van der Waals surface area contributed by atoms with Crippen LogP contribution in [0.25, 0.3) is 0 Å². The molecule has 0 bridgehead atoms. The molecular formula is C13H16BrN3. The molecule has 0 fully saturated rings. The average molecular weight is 294 g/mol. The molecule has 1 aromatic carbocycles. The Hall–Kier alpha value is -0.970. The third kappa shape index (κ3) is 2.83. The fraction of sp³-hybridized carbons (Fsp3) is 0.308. The third-order valence-electron chi connectivity index (χ3n) is 2.93. The molecule has 0 amide bonds. The number of aliphatic imine (C=N–C) groups is 1. The summed E-state index contributed by atoms with van der Waals surface area (Å²) in [7, 11) is 0. The number of benzene rings is 1. The number of halogens is 1. The van der Waals surface area contributed by atoms with Crippen molar-refractivity contribution < 1.29 is 0 Å². The topological polar surface area (TPSA) is 64.4 Å². The van der Waals surface area contributed by atoms with Gasteiger partial charge in [0, 0.05) is 10.2 Å². The zero-order chi connectivity index (χ0) is 12.5. The Bertz CT molecular complexity index is 481. The van der Waals surface area contributed by atoms with Crippen molar-refractivity contribution in [2.24, 2.45) is 16.5 Å². The Balaban J connectivity index is 2.21. The first-order valence-electron chi connectivity index (χ1n) is 5.52. The molecule has 3 nitrogen and oxygen atoms in total. The van der Waals surface area contributed by atoms with Gasteiger partial charge in [-0.05, 0) is 37.1 Å². The van der Waals surface area contributed by atoms with E-state index in [-0.39, 0.29) is 6.17 Å². The number of dihydropyridines is 1. The van der Waals surface area contributed by atoms with Crippen molar-refractivity contribution in [3.63, 3.8) is 0 Å². The molecular weight excluding hydrogens is 278 g/mol. The number of allylic oxidation sites excluding steroid dienone is 1. The molecule has 0 saturated heterocycles. The molecule has 90 valence electrons. The highest BCUT2D eigenvalue weighted by Gasteiger charge is 2.32. The maximum atomic E-state index is 6.31. The minimum absolute atomic E-state index is 0.383. The average Bonchev–Trinajstić information content (AvgIpc) is 2.25. The molecule has 0 aromatic heterocycles. The molecule has 0 spiro atoms. The van der Waals surface area contributed by atoms with Gasteiger partial charge in [0.2, 0.25) is 0 Å². The lowest BCUT2D eigenvalue weighted by molar-refractivity contribution is 0.424. The summed E-state index contributed by atoms with van der Waals surface area (Å²) < 4.78 is 1.05. The number of rotatable bonds is 2. The van der Waals surface area contributed by atoms with Gasteiger partial charge in [0.05, 0.1) is 5.54 Å². The van der Waals surface area contributed by atoms with Crippen LogP contribution < -0.4 is 11.5 Å². The predicted octanol–water partition coefficient (Wildman–Crippen LogP) is 2.00. The molecule has 17 heavy (non-hydrogen) atoms. The maximum absolute atomic E-state index is 6.31. The van der Waals surface area contributed by atoms with Crippen molar-refractivity contribution in [1.29, 1.82) is 0 Å². The van der Waals surface area contributed by atoms with Gasteiger partial charge in [-0.15, -0.1) is 0 Å². The van der Waals surface area contributed by atoms with Gasteiger partial charge in [-0.2, -0.15) is 0 Å². The maximum Gasteiger partial charge on any atom is 0.119 e. The van der Waals surface area contributed by atoms with Crippen LogP contribution in [-0.2, 0) is 6.42 Å². The Morgan fingerprint density at radius 2 is 2.24 bits per heavy atom. The lowest BCUT2D eigenvalue weighted by atomic mass is 9.87. The van der Waals surface area contributed by atoms with E-state index < -0.39 is 5.54 Å². The normalized spacial score (nSPS) is 28.0. The summed E-state index contributed by atoms with van der Waals surface area (Å²) >= 11 is 3.45. The zero-order valence-corrected chi connectivity index (χ0v) is 11.3. The summed E-state index contributed by atoms with van der Waals surface area (Å²) in [6, 6.07) is 8.09. The van der Waals surface area contributed by atoms with E-state index in [0.717, 1.165) is 15.7 Å².